The molecule has 0 amide bonds. The lowest BCUT2D eigenvalue weighted by Gasteiger charge is -2.13. The number of aliphatic carboxylic acids is 1. The SMILES string of the molecule is CC[C@H](O)[C@@H](O)C/C=C\C=C\C(O)C/C=C\C/C=C\C/C=C\CCC(=O)O. The number of aliphatic hydroxyl groups excluding tert-OH is 3. The van der Waals surface area contributed by atoms with Gasteiger partial charge in [0.25, 0.3) is 0 Å². The molecule has 0 saturated heterocycles. The zero-order valence-electron chi connectivity index (χ0n) is 16.2. The van der Waals surface area contributed by atoms with Crippen LogP contribution < -0.4 is 0 Å². The van der Waals surface area contributed by atoms with Gasteiger partial charge >= 0.3 is 5.97 Å². The Balaban J connectivity index is 3.80. The molecular weight excluding hydrogens is 344 g/mol. The molecule has 0 radical (unpaired) electrons. The third-order valence-electron chi connectivity index (χ3n) is 3.77. The van der Waals surface area contributed by atoms with Gasteiger partial charge in [-0.3, -0.25) is 4.79 Å². The molecule has 27 heavy (non-hydrogen) atoms. The van der Waals surface area contributed by atoms with Gasteiger partial charge in [-0.1, -0.05) is 67.7 Å². The minimum absolute atomic E-state index is 0.166. The number of hydrogen-bond acceptors (Lipinski definition) is 4. The molecule has 0 spiro atoms. The highest BCUT2D eigenvalue weighted by atomic mass is 16.4. The van der Waals surface area contributed by atoms with Gasteiger partial charge in [-0.15, -0.1) is 0 Å². The average Bonchev–Trinajstić information content (AvgIpc) is 2.64. The second-order valence-electron chi connectivity index (χ2n) is 6.21. The third kappa shape index (κ3) is 17.2. The summed E-state index contributed by atoms with van der Waals surface area (Å²) in [5.74, 6) is -0.779. The smallest absolute Gasteiger partial charge is 0.303 e. The minimum atomic E-state index is -0.779. The van der Waals surface area contributed by atoms with Crippen molar-refractivity contribution < 1.29 is 25.2 Å². The number of rotatable bonds is 15. The van der Waals surface area contributed by atoms with E-state index < -0.39 is 24.3 Å². The first-order valence-electron chi connectivity index (χ1n) is 9.51. The topological polar surface area (TPSA) is 98.0 Å². The predicted octanol–water partition coefficient (Wildman–Crippen LogP) is 3.69. The van der Waals surface area contributed by atoms with Crippen molar-refractivity contribution in [1.82, 2.24) is 0 Å². The van der Waals surface area contributed by atoms with Gasteiger partial charge < -0.3 is 20.4 Å². The van der Waals surface area contributed by atoms with Gasteiger partial charge in [-0.05, 0) is 38.5 Å². The first-order valence-corrected chi connectivity index (χ1v) is 9.51. The summed E-state index contributed by atoms with van der Waals surface area (Å²) >= 11 is 0. The minimum Gasteiger partial charge on any atom is -0.481 e. The van der Waals surface area contributed by atoms with E-state index in [1.54, 1.807) is 24.3 Å². The summed E-state index contributed by atoms with van der Waals surface area (Å²) in [7, 11) is 0. The first-order chi connectivity index (χ1) is 13.0. The number of allylic oxidation sites excluding steroid dienone is 7. The van der Waals surface area contributed by atoms with E-state index in [0.717, 1.165) is 12.8 Å². The summed E-state index contributed by atoms with van der Waals surface area (Å²) in [6.45, 7) is 1.82. The van der Waals surface area contributed by atoms with E-state index in [-0.39, 0.29) is 6.42 Å². The van der Waals surface area contributed by atoms with E-state index >= 15 is 0 Å². The van der Waals surface area contributed by atoms with Crippen LogP contribution in [0.1, 0.15) is 51.9 Å². The Labute approximate surface area is 162 Å². The molecule has 0 aromatic heterocycles. The molecule has 5 nitrogen and oxygen atoms in total. The van der Waals surface area contributed by atoms with Crippen molar-refractivity contribution in [2.75, 3.05) is 0 Å². The highest BCUT2D eigenvalue weighted by molar-refractivity contribution is 5.66. The molecule has 152 valence electrons. The van der Waals surface area contributed by atoms with Crippen LogP contribution in [0.5, 0.6) is 0 Å². The van der Waals surface area contributed by atoms with Gasteiger partial charge in [0, 0.05) is 6.42 Å². The Morgan fingerprint density at radius 1 is 0.815 bits per heavy atom. The average molecular weight is 379 g/mol. The fourth-order valence-corrected chi connectivity index (χ4v) is 2.10. The Morgan fingerprint density at radius 3 is 2.07 bits per heavy atom. The highest BCUT2D eigenvalue weighted by Crippen LogP contribution is 2.04. The molecule has 0 rings (SSSR count). The Kier molecular flexibility index (Phi) is 16.2. The van der Waals surface area contributed by atoms with Crippen molar-refractivity contribution in [2.45, 2.75) is 70.2 Å². The summed E-state index contributed by atoms with van der Waals surface area (Å²) in [4.78, 5) is 10.3. The van der Waals surface area contributed by atoms with E-state index in [1.807, 2.05) is 43.4 Å². The van der Waals surface area contributed by atoms with Gasteiger partial charge in [0.05, 0.1) is 18.3 Å². The number of carbonyl (C=O) groups is 1. The molecule has 0 aliphatic rings. The Hall–Kier alpha value is -1.95. The lowest BCUT2D eigenvalue weighted by atomic mass is 10.1. The monoisotopic (exact) mass is 378 g/mol. The van der Waals surface area contributed by atoms with Crippen LogP contribution in [0.3, 0.4) is 0 Å². The van der Waals surface area contributed by atoms with Gasteiger partial charge in [-0.2, -0.15) is 0 Å². The van der Waals surface area contributed by atoms with Crippen molar-refractivity contribution in [2.24, 2.45) is 0 Å². The van der Waals surface area contributed by atoms with E-state index in [4.69, 9.17) is 5.11 Å². The maximum Gasteiger partial charge on any atom is 0.303 e. The van der Waals surface area contributed by atoms with Crippen molar-refractivity contribution >= 4 is 5.97 Å². The normalized spacial score (nSPS) is 16.3. The first kappa shape index (κ1) is 25.1. The van der Waals surface area contributed by atoms with Crippen LogP contribution in [0.15, 0.2) is 60.8 Å². The quantitative estimate of drug-likeness (QED) is 0.257. The Bertz CT molecular complexity index is 517. The van der Waals surface area contributed by atoms with Crippen LogP contribution in [-0.4, -0.2) is 44.7 Å². The van der Waals surface area contributed by atoms with Crippen LogP contribution in [0.4, 0.5) is 0 Å². The summed E-state index contributed by atoms with van der Waals surface area (Å²) in [5, 5.41) is 37.3. The van der Waals surface area contributed by atoms with Gasteiger partial charge in [0.15, 0.2) is 0 Å². The van der Waals surface area contributed by atoms with Crippen LogP contribution >= 0.6 is 0 Å². The summed E-state index contributed by atoms with van der Waals surface area (Å²) in [6, 6.07) is 0. The molecule has 0 aliphatic carbocycles. The number of hydrogen-bond donors (Lipinski definition) is 4. The van der Waals surface area contributed by atoms with Crippen LogP contribution in [0.2, 0.25) is 0 Å². The molecule has 0 saturated carbocycles. The second-order valence-corrected chi connectivity index (χ2v) is 6.21. The van der Waals surface area contributed by atoms with E-state index in [0.29, 0.717) is 25.7 Å². The van der Waals surface area contributed by atoms with Crippen LogP contribution in [0.25, 0.3) is 0 Å². The largest absolute Gasteiger partial charge is 0.481 e. The molecule has 0 aromatic rings. The zero-order chi connectivity index (χ0) is 20.3. The van der Waals surface area contributed by atoms with E-state index in [2.05, 4.69) is 0 Å². The fraction of sp³-hybridized carbons (Fsp3) is 0.500. The van der Waals surface area contributed by atoms with Gasteiger partial charge in [0.1, 0.15) is 0 Å². The molecule has 3 atom stereocenters. The van der Waals surface area contributed by atoms with Crippen molar-refractivity contribution in [1.29, 1.82) is 0 Å². The standard InChI is InChI=1S/C22H34O5/c1-2-20(24)21(25)17-13-10-12-16-19(23)15-11-8-6-4-3-5-7-9-14-18-22(26)27/h3-4,7-13,16,19-21,23-25H,2,5-6,14-15,17-18H2,1H3,(H,26,27)/b4-3-,9-7-,11-8-,13-10-,16-12+/t19?,20-,21-/m0/s1. The lowest BCUT2D eigenvalue weighted by molar-refractivity contribution is -0.136. The molecule has 4 N–H and O–H groups in total. The van der Waals surface area contributed by atoms with Crippen LogP contribution in [-0.2, 0) is 4.79 Å². The molecular formula is C22H34O5. The number of carboxylic acids is 1. The van der Waals surface area contributed by atoms with Crippen molar-refractivity contribution in [3.63, 3.8) is 0 Å². The number of carboxylic acid groups (broad SMARTS) is 1. The highest BCUT2D eigenvalue weighted by Gasteiger charge is 2.11. The zero-order valence-corrected chi connectivity index (χ0v) is 16.2. The third-order valence-corrected chi connectivity index (χ3v) is 3.77. The molecule has 5 heteroatoms. The summed E-state index contributed by atoms with van der Waals surface area (Å²) < 4.78 is 0. The molecule has 0 aliphatic heterocycles. The molecule has 0 bridgehead atoms. The maximum absolute atomic E-state index is 10.3. The van der Waals surface area contributed by atoms with Crippen LogP contribution in [0, 0.1) is 0 Å². The van der Waals surface area contributed by atoms with Gasteiger partial charge in [0.2, 0.25) is 0 Å². The fourth-order valence-electron chi connectivity index (χ4n) is 2.10. The second kappa shape index (κ2) is 17.5. The maximum atomic E-state index is 10.3. The lowest BCUT2D eigenvalue weighted by Crippen LogP contribution is -2.23. The van der Waals surface area contributed by atoms with Crippen molar-refractivity contribution in [3.05, 3.63) is 60.8 Å². The predicted molar refractivity (Wildman–Crippen MR) is 109 cm³/mol. The van der Waals surface area contributed by atoms with E-state index in [1.165, 1.54) is 0 Å². The van der Waals surface area contributed by atoms with Gasteiger partial charge in [-0.25, -0.2) is 0 Å². The van der Waals surface area contributed by atoms with E-state index in [9.17, 15) is 20.1 Å². The summed E-state index contributed by atoms with van der Waals surface area (Å²) in [6.07, 6.45) is 20.5. The summed E-state index contributed by atoms with van der Waals surface area (Å²) in [5.41, 5.74) is 0. The molecule has 1 unspecified atom stereocenters. The molecule has 0 aromatic carbocycles. The van der Waals surface area contributed by atoms with Crippen molar-refractivity contribution in [3.8, 4) is 0 Å². The molecule has 0 heterocycles. The number of aliphatic hydroxyl groups is 3. The Morgan fingerprint density at radius 2 is 1.44 bits per heavy atom. The molecule has 0 fully saturated rings.